The minimum Gasteiger partial charge on any atom is -0.271 e. The predicted octanol–water partition coefficient (Wildman–Crippen LogP) is 3.17. The lowest BCUT2D eigenvalue weighted by Gasteiger charge is -2.01. The highest BCUT2D eigenvalue weighted by molar-refractivity contribution is 8.13. The third-order valence-electron chi connectivity index (χ3n) is 2.63. The molecule has 0 radical (unpaired) electrons. The van der Waals surface area contributed by atoms with E-state index >= 15 is 0 Å². The third-order valence-corrected chi connectivity index (χ3v) is 3.94. The Bertz CT molecular complexity index is 428. The van der Waals surface area contributed by atoms with E-state index in [1.165, 1.54) is 38.1 Å². The molecule has 1 rings (SSSR count). The molecule has 0 atom stereocenters. The van der Waals surface area contributed by atoms with Crippen molar-refractivity contribution in [1.29, 1.82) is 0 Å². The molecule has 0 N–H and O–H groups in total. The van der Waals surface area contributed by atoms with Gasteiger partial charge in [0.1, 0.15) is 4.90 Å². The first-order valence-corrected chi connectivity index (χ1v) is 8.32. The van der Waals surface area contributed by atoms with E-state index in [-0.39, 0.29) is 4.90 Å². The zero-order valence-corrected chi connectivity index (χ0v) is 11.7. The van der Waals surface area contributed by atoms with Crippen LogP contribution in [0.15, 0.2) is 17.3 Å². The van der Waals surface area contributed by atoms with E-state index in [0.29, 0.717) is 0 Å². The number of unbranched alkanes of at least 4 members (excludes halogenated alkanes) is 5. The van der Waals surface area contributed by atoms with Crippen LogP contribution in [-0.4, -0.2) is 18.2 Å². The SMILES string of the molecule is CCCCCCCCn1cc(S(=O)(=O)Cl)cn1. The van der Waals surface area contributed by atoms with Crippen LogP contribution >= 0.6 is 10.7 Å². The maximum atomic E-state index is 11.0. The lowest BCUT2D eigenvalue weighted by Crippen LogP contribution is -1.98. The maximum absolute atomic E-state index is 11.0. The van der Waals surface area contributed by atoms with E-state index in [0.717, 1.165) is 19.4 Å². The fourth-order valence-corrected chi connectivity index (χ4v) is 2.31. The standard InChI is InChI=1S/C11H19ClN2O2S/c1-2-3-4-5-6-7-8-14-10-11(9-13-14)17(12,15)16/h9-10H,2-8H2,1H3. The number of hydrogen-bond donors (Lipinski definition) is 0. The molecular weight excluding hydrogens is 260 g/mol. The largest absolute Gasteiger partial charge is 0.271 e. The minimum atomic E-state index is -3.64. The summed E-state index contributed by atoms with van der Waals surface area (Å²) >= 11 is 0. The third kappa shape index (κ3) is 5.55. The second-order valence-electron chi connectivity index (χ2n) is 4.14. The zero-order chi connectivity index (χ0) is 12.7. The topological polar surface area (TPSA) is 52.0 Å². The van der Waals surface area contributed by atoms with E-state index in [4.69, 9.17) is 10.7 Å². The summed E-state index contributed by atoms with van der Waals surface area (Å²) in [6, 6.07) is 0. The highest BCUT2D eigenvalue weighted by atomic mass is 35.7. The van der Waals surface area contributed by atoms with Crippen molar-refractivity contribution in [3.63, 3.8) is 0 Å². The lowest BCUT2D eigenvalue weighted by atomic mass is 10.1. The molecule has 0 amide bonds. The van der Waals surface area contributed by atoms with Gasteiger partial charge < -0.3 is 0 Å². The molecule has 98 valence electrons. The monoisotopic (exact) mass is 278 g/mol. The summed E-state index contributed by atoms with van der Waals surface area (Å²) in [4.78, 5) is 0.0742. The summed E-state index contributed by atoms with van der Waals surface area (Å²) in [5, 5.41) is 3.97. The van der Waals surface area contributed by atoms with Gasteiger partial charge in [-0.1, -0.05) is 39.0 Å². The maximum Gasteiger partial charge on any atom is 0.264 e. The van der Waals surface area contributed by atoms with Crippen LogP contribution in [0.1, 0.15) is 45.4 Å². The van der Waals surface area contributed by atoms with E-state index in [2.05, 4.69) is 12.0 Å². The van der Waals surface area contributed by atoms with Crippen molar-refractivity contribution in [2.75, 3.05) is 0 Å². The average Bonchev–Trinajstić information content (AvgIpc) is 2.71. The highest BCUT2D eigenvalue weighted by Crippen LogP contribution is 2.13. The summed E-state index contributed by atoms with van der Waals surface area (Å²) in [5.74, 6) is 0. The first-order chi connectivity index (χ1) is 8.04. The van der Waals surface area contributed by atoms with Crippen LogP contribution in [-0.2, 0) is 15.6 Å². The second-order valence-corrected chi connectivity index (χ2v) is 6.71. The lowest BCUT2D eigenvalue weighted by molar-refractivity contribution is 0.527. The van der Waals surface area contributed by atoms with Crippen LogP contribution in [0, 0.1) is 0 Å². The molecule has 6 heteroatoms. The fourth-order valence-electron chi connectivity index (χ4n) is 1.65. The molecule has 0 aliphatic heterocycles. The van der Waals surface area contributed by atoms with Crippen molar-refractivity contribution >= 4 is 19.7 Å². The molecule has 17 heavy (non-hydrogen) atoms. The Morgan fingerprint density at radius 2 is 1.88 bits per heavy atom. The number of aryl methyl sites for hydroxylation is 1. The van der Waals surface area contributed by atoms with Crippen LogP contribution in [0.3, 0.4) is 0 Å². The molecule has 0 spiro atoms. The number of aromatic nitrogens is 2. The predicted molar refractivity (Wildman–Crippen MR) is 68.6 cm³/mol. The molecule has 0 saturated heterocycles. The normalized spacial score (nSPS) is 11.9. The van der Waals surface area contributed by atoms with Gasteiger partial charge in [0, 0.05) is 23.4 Å². The molecule has 4 nitrogen and oxygen atoms in total. The number of halogens is 1. The Kier molecular flexibility index (Phi) is 5.98. The van der Waals surface area contributed by atoms with Crippen molar-refractivity contribution in [1.82, 2.24) is 9.78 Å². The van der Waals surface area contributed by atoms with Gasteiger partial charge in [0.25, 0.3) is 9.05 Å². The van der Waals surface area contributed by atoms with Crippen LogP contribution in [0.4, 0.5) is 0 Å². The van der Waals surface area contributed by atoms with Gasteiger partial charge >= 0.3 is 0 Å². The summed E-state index contributed by atoms with van der Waals surface area (Å²) in [6.45, 7) is 2.94. The van der Waals surface area contributed by atoms with Gasteiger partial charge in [0.2, 0.25) is 0 Å². The molecule has 0 saturated carbocycles. The van der Waals surface area contributed by atoms with Gasteiger partial charge in [-0.3, -0.25) is 4.68 Å². The zero-order valence-electron chi connectivity index (χ0n) is 10.1. The molecule has 1 heterocycles. The molecule has 0 fully saturated rings. The van der Waals surface area contributed by atoms with E-state index < -0.39 is 9.05 Å². The van der Waals surface area contributed by atoms with Gasteiger partial charge in [-0.2, -0.15) is 5.10 Å². The Labute approximate surface area is 107 Å². The van der Waals surface area contributed by atoms with Crippen molar-refractivity contribution in [3.05, 3.63) is 12.4 Å². The van der Waals surface area contributed by atoms with Crippen LogP contribution in [0.25, 0.3) is 0 Å². The smallest absolute Gasteiger partial charge is 0.264 e. The summed E-state index contributed by atoms with van der Waals surface area (Å²) in [5.41, 5.74) is 0. The molecule has 0 unspecified atom stereocenters. The molecule has 1 aromatic heterocycles. The number of hydrogen-bond acceptors (Lipinski definition) is 3. The number of nitrogens with zero attached hydrogens (tertiary/aromatic N) is 2. The summed E-state index contributed by atoms with van der Waals surface area (Å²) < 4.78 is 23.6. The average molecular weight is 279 g/mol. The van der Waals surface area contributed by atoms with Crippen LogP contribution < -0.4 is 0 Å². The van der Waals surface area contributed by atoms with E-state index in [1.54, 1.807) is 4.68 Å². The Balaban J connectivity index is 2.26. The molecule has 0 aliphatic rings. The Hall–Kier alpha value is -0.550. The van der Waals surface area contributed by atoms with Gasteiger partial charge in [-0.25, -0.2) is 8.42 Å². The molecule has 1 aromatic rings. The molecule has 0 bridgehead atoms. The molecule has 0 aliphatic carbocycles. The highest BCUT2D eigenvalue weighted by Gasteiger charge is 2.12. The minimum absolute atomic E-state index is 0.0742. The molecular formula is C11H19ClN2O2S. The molecule has 0 aromatic carbocycles. The van der Waals surface area contributed by atoms with Crippen LogP contribution in [0.2, 0.25) is 0 Å². The van der Waals surface area contributed by atoms with E-state index in [1.807, 2.05) is 0 Å². The summed E-state index contributed by atoms with van der Waals surface area (Å²) in [6.07, 6.45) is 9.99. The van der Waals surface area contributed by atoms with E-state index in [9.17, 15) is 8.42 Å². The van der Waals surface area contributed by atoms with Gasteiger partial charge in [-0.05, 0) is 6.42 Å². The fraction of sp³-hybridized carbons (Fsp3) is 0.727. The second kappa shape index (κ2) is 7.01. The van der Waals surface area contributed by atoms with Gasteiger partial charge in [-0.15, -0.1) is 0 Å². The van der Waals surface area contributed by atoms with Crippen molar-refractivity contribution < 1.29 is 8.42 Å². The van der Waals surface area contributed by atoms with Gasteiger partial charge in [0.15, 0.2) is 0 Å². The van der Waals surface area contributed by atoms with Crippen molar-refractivity contribution in [2.24, 2.45) is 0 Å². The first kappa shape index (κ1) is 14.5. The van der Waals surface area contributed by atoms with Gasteiger partial charge in [0.05, 0.1) is 6.20 Å². The number of rotatable bonds is 8. The Morgan fingerprint density at radius 1 is 1.24 bits per heavy atom. The van der Waals surface area contributed by atoms with Crippen molar-refractivity contribution in [2.45, 2.75) is 56.9 Å². The van der Waals surface area contributed by atoms with Crippen LogP contribution in [0.5, 0.6) is 0 Å². The van der Waals surface area contributed by atoms with Crippen molar-refractivity contribution in [3.8, 4) is 0 Å². The first-order valence-electron chi connectivity index (χ1n) is 6.01. The Morgan fingerprint density at radius 3 is 2.47 bits per heavy atom. The quantitative estimate of drug-likeness (QED) is 0.542. The summed E-state index contributed by atoms with van der Waals surface area (Å²) in [7, 11) is 1.57.